The summed E-state index contributed by atoms with van der Waals surface area (Å²) >= 11 is 0. The Bertz CT molecular complexity index is 819. The summed E-state index contributed by atoms with van der Waals surface area (Å²) in [7, 11) is 0. The number of aryl methyl sites for hydroxylation is 2. The highest BCUT2D eigenvalue weighted by molar-refractivity contribution is 6.06. The summed E-state index contributed by atoms with van der Waals surface area (Å²) in [6.07, 6.45) is 7.05. The molecule has 0 aromatic heterocycles. The zero-order valence-corrected chi connectivity index (χ0v) is 16.4. The molecule has 5 heteroatoms. The molecule has 5 nitrogen and oxygen atoms in total. The van der Waals surface area contributed by atoms with Crippen molar-refractivity contribution in [3.8, 4) is 0 Å². The lowest BCUT2D eigenvalue weighted by molar-refractivity contribution is -0.116. The van der Waals surface area contributed by atoms with E-state index in [0.29, 0.717) is 36.2 Å². The lowest BCUT2D eigenvalue weighted by Gasteiger charge is -2.20. The Hall–Kier alpha value is -2.82. The Morgan fingerprint density at radius 2 is 2.04 bits per heavy atom. The van der Waals surface area contributed by atoms with Gasteiger partial charge in [-0.15, -0.1) is 0 Å². The van der Waals surface area contributed by atoms with E-state index in [4.69, 9.17) is 5.73 Å². The van der Waals surface area contributed by atoms with Crippen LogP contribution in [0.25, 0.3) is 0 Å². The van der Waals surface area contributed by atoms with Crippen LogP contribution in [-0.4, -0.2) is 11.8 Å². The molecule has 0 saturated carbocycles. The predicted molar refractivity (Wildman–Crippen MR) is 111 cm³/mol. The van der Waals surface area contributed by atoms with E-state index in [1.807, 2.05) is 39.0 Å². The molecule has 0 fully saturated rings. The Morgan fingerprint density at radius 1 is 1.30 bits per heavy atom. The first-order valence-corrected chi connectivity index (χ1v) is 9.44. The third-order valence-corrected chi connectivity index (χ3v) is 4.61. The van der Waals surface area contributed by atoms with Crippen molar-refractivity contribution in [3.63, 3.8) is 0 Å². The average Bonchev–Trinajstić information content (AvgIpc) is 2.62. The summed E-state index contributed by atoms with van der Waals surface area (Å²) in [5, 5.41) is 5.86. The third-order valence-electron chi connectivity index (χ3n) is 4.61. The summed E-state index contributed by atoms with van der Waals surface area (Å²) in [6.45, 7) is 9.91. The minimum absolute atomic E-state index is 0.0289. The molecule has 1 aliphatic heterocycles. The number of hydrogen-bond donors (Lipinski definition) is 3. The molecule has 1 aromatic rings. The molecule has 0 saturated heterocycles. The highest BCUT2D eigenvalue weighted by Gasteiger charge is 2.19. The third kappa shape index (κ3) is 5.33. The molecule has 4 N–H and O–H groups in total. The van der Waals surface area contributed by atoms with Crippen molar-refractivity contribution in [2.45, 2.75) is 52.9 Å². The molecule has 2 amide bonds. The minimum Gasteiger partial charge on any atom is -0.401 e. The van der Waals surface area contributed by atoms with Crippen molar-refractivity contribution in [2.24, 2.45) is 5.73 Å². The van der Waals surface area contributed by atoms with Crippen molar-refractivity contribution in [2.75, 3.05) is 10.6 Å². The maximum absolute atomic E-state index is 12.9. The SMILES string of the molecule is C=C(/C=C\C(C(=O)Nc1cc(C)c2c(c1)CCC(=O)N2)=C(/N)CCC)CC. The molecular weight excluding hydrogens is 338 g/mol. The fourth-order valence-electron chi connectivity index (χ4n) is 3.01. The lowest BCUT2D eigenvalue weighted by Crippen LogP contribution is -2.21. The van der Waals surface area contributed by atoms with Gasteiger partial charge in [0.25, 0.3) is 5.91 Å². The Morgan fingerprint density at radius 3 is 2.70 bits per heavy atom. The predicted octanol–water partition coefficient (Wildman–Crippen LogP) is 4.35. The number of rotatable bonds is 7. The van der Waals surface area contributed by atoms with Gasteiger partial charge in [0, 0.05) is 23.5 Å². The summed E-state index contributed by atoms with van der Waals surface area (Å²) < 4.78 is 0. The van der Waals surface area contributed by atoms with Crippen molar-refractivity contribution >= 4 is 23.2 Å². The second-order valence-corrected chi connectivity index (χ2v) is 6.86. The van der Waals surface area contributed by atoms with E-state index in [2.05, 4.69) is 17.2 Å². The monoisotopic (exact) mass is 367 g/mol. The van der Waals surface area contributed by atoms with Crippen LogP contribution < -0.4 is 16.4 Å². The molecule has 0 atom stereocenters. The van der Waals surface area contributed by atoms with E-state index in [1.165, 1.54) is 0 Å². The van der Waals surface area contributed by atoms with Crippen molar-refractivity contribution < 1.29 is 9.59 Å². The number of hydrogen-bond acceptors (Lipinski definition) is 3. The average molecular weight is 367 g/mol. The van der Waals surface area contributed by atoms with Gasteiger partial charge in [-0.05, 0) is 55.5 Å². The zero-order chi connectivity index (χ0) is 20.0. The summed E-state index contributed by atoms with van der Waals surface area (Å²) in [4.78, 5) is 24.5. The van der Waals surface area contributed by atoms with Crippen LogP contribution in [0, 0.1) is 6.92 Å². The second kappa shape index (κ2) is 9.21. The number of carbonyl (C=O) groups excluding carboxylic acids is 2. The maximum Gasteiger partial charge on any atom is 0.257 e. The molecule has 0 bridgehead atoms. The largest absolute Gasteiger partial charge is 0.401 e. The Balaban J connectivity index is 2.28. The molecule has 27 heavy (non-hydrogen) atoms. The molecule has 0 spiro atoms. The Kier molecular flexibility index (Phi) is 6.99. The maximum atomic E-state index is 12.9. The van der Waals surface area contributed by atoms with Crippen molar-refractivity contribution in [1.82, 2.24) is 0 Å². The number of amides is 2. The van der Waals surface area contributed by atoms with Crippen LogP contribution in [0.4, 0.5) is 11.4 Å². The van der Waals surface area contributed by atoms with Crippen LogP contribution in [0.15, 0.2) is 47.7 Å². The highest BCUT2D eigenvalue weighted by atomic mass is 16.2. The van der Waals surface area contributed by atoms with Crippen LogP contribution >= 0.6 is 0 Å². The topological polar surface area (TPSA) is 84.2 Å². The lowest BCUT2D eigenvalue weighted by atomic mass is 9.98. The first kappa shape index (κ1) is 20.5. The van der Waals surface area contributed by atoms with E-state index < -0.39 is 0 Å². The van der Waals surface area contributed by atoms with Gasteiger partial charge in [0.1, 0.15) is 0 Å². The number of fused-ring (bicyclic) bond motifs is 1. The van der Waals surface area contributed by atoms with E-state index >= 15 is 0 Å². The van der Waals surface area contributed by atoms with E-state index in [-0.39, 0.29) is 11.8 Å². The van der Waals surface area contributed by atoms with E-state index in [1.54, 1.807) is 6.08 Å². The molecule has 0 aliphatic carbocycles. The highest BCUT2D eigenvalue weighted by Crippen LogP contribution is 2.30. The number of carbonyl (C=O) groups is 2. The van der Waals surface area contributed by atoms with Gasteiger partial charge in [0.05, 0.1) is 5.57 Å². The molecule has 0 radical (unpaired) electrons. The fourth-order valence-corrected chi connectivity index (χ4v) is 3.01. The Labute approximate surface area is 161 Å². The molecule has 1 aliphatic rings. The van der Waals surface area contributed by atoms with E-state index in [9.17, 15) is 9.59 Å². The quantitative estimate of drug-likeness (QED) is 0.495. The normalized spacial score (nSPS) is 14.4. The number of nitrogens with one attached hydrogen (secondary N) is 2. The van der Waals surface area contributed by atoms with Crippen LogP contribution in [0.5, 0.6) is 0 Å². The number of anilines is 2. The van der Waals surface area contributed by atoms with Gasteiger partial charge >= 0.3 is 0 Å². The van der Waals surface area contributed by atoms with Crippen LogP contribution in [0.3, 0.4) is 0 Å². The summed E-state index contributed by atoms with van der Waals surface area (Å²) in [5.41, 5.74) is 11.6. The number of benzene rings is 1. The first-order valence-electron chi connectivity index (χ1n) is 9.44. The van der Waals surface area contributed by atoms with Gasteiger partial charge in [0.2, 0.25) is 5.91 Å². The molecule has 1 aromatic carbocycles. The standard InChI is InChI=1S/C22H29N3O2/c1-5-7-19(23)18(10-8-14(3)6-2)22(27)24-17-12-15(4)21-16(13-17)9-11-20(26)25-21/h8,10,12-13H,3,5-7,9,11,23H2,1-2,4H3,(H,24,27)(H,25,26)/b10-8-,19-18+. The van der Waals surface area contributed by atoms with Crippen molar-refractivity contribution in [3.05, 3.63) is 58.8 Å². The van der Waals surface area contributed by atoms with Crippen LogP contribution in [0.2, 0.25) is 0 Å². The molecular formula is C22H29N3O2. The van der Waals surface area contributed by atoms with Gasteiger partial charge in [-0.2, -0.15) is 0 Å². The smallest absolute Gasteiger partial charge is 0.257 e. The van der Waals surface area contributed by atoms with Gasteiger partial charge < -0.3 is 16.4 Å². The van der Waals surface area contributed by atoms with Gasteiger partial charge in [-0.3, -0.25) is 9.59 Å². The van der Waals surface area contributed by atoms with Gasteiger partial charge in [0.15, 0.2) is 0 Å². The van der Waals surface area contributed by atoms with Gasteiger partial charge in [-0.1, -0.05) is 38.5 Å². The van der Waals surface area contributed by atoms with E-state index in [0.717, 1.165) is 35.2 Å². The van der Waals surface area contributed by atoms with Gasteiger partial charge in [-0.25, -0.2) is 0 Å². The fraction of sp³-hybridized carbons (Fsp3) is 0.364. The molecule has 2 rings (SSSR count). The zero-order valence-electron chi connectivity index (χ0n) is 16.4. The van der Waals surface area contributed by atoms with Crippen LogP contribution in [0.1, 0.15) is 50.7 Å². The molecule has 1 heterocycles. The molecule has 0 unspecified atom stereocenters. The minimum atomic E-state index is -0.236. The van der Waals surface area contributed by atoms with Crippen LogP contribution in [-0.2, 0) is 16.0 Å². The summed E-state index contributed by atoms with van der Waals surface area (Å²) in [5.74, 6) is -0.207. The van der Waals surface area contributed by atoms with Crippen molar-refractivity contribution in [1.29, 1.82) is 0 Å². The second-order valence-electron chi connectivity index (χ2n) is 6.86. The first-order chi connectivity index (χ1) is 12.8. The number of allylic oxidation sites excluding steroid dienone is 3. The number of nitrogens with two attached hydrogens (primary N) is 1. The summed E-state index contributed by atoms with van der Waals surface area (Å²) in [6, 6.07) is 3.78. The molecule has 144 valence electrons.